The number of nitrogens with one attached hydrogen (secondary N) is 1. The van der Waals surface area contributed by atoms with Crippen LogP contribution in [0.4, 0.5) is 0 Å². The highest BCUT2D eigenvalue weighted by molar-refractivity contribution is 6.33. The molecule has 1 atom stereocenters. The Bertz CT molecular complexity index is 455. The molecular formula is C14H21ClN2O2. The van der Waals surface area contributed by atoms with Gasteiger partial charge in [-0.25, -0.2) is 0 Å². The summed E-state index contributed by atoms with van der Waals surface area (Å²) in [4.78, 5) is 11.9. The molecule has 0 bridgehead atoms. The summed E-state index contributed by atoms with van der Waals surface area (Å²) < 4.78 is 0. The number of aromatic hydroxyl groups is 1. The summed E-state index contributed by atoms with van der Waals surface area (Å²) in [7, 11) is 0. The molecule has 0 aliphatic carbocycles. The molecular weight excluding hydrogens is 264 g/mol. The molecule has 4 nitrogen and oxygen atoms in total. The smallest absolute Gasteiger partial charge is 0.252 e. The van der Waals surface area contributed by atoms with Gasteiger partial charge in [0.1, 0.15) is 5.75 Å². The summed E-state index contributed by atoms with van der Waals surface area (Å²) >= 11 is 5.91. The maximum atomic E-state index is 11.9. The Morgan fingerprint density at radius 2 is 2.11 bits per heavy atom. The normalized spacial score (nSPS) is 13.1. The monoisotopic (exact) mass is 284 g/mol. The number of amides is 1. The molecule has 0 aliphatic rings. The van der Waals surface area contributed by atoms with Crippen LogP contribution >= 0.6 is 11.6 Å². The maximum absolute atomic E-state index is 11.9. The molecule has 5 heteroatoms. The number of nitrogens with two attached hydrogens (primary N) is 1. The Labute approximate surface area is 118 Å². The highest BCUT2D eigenvalue weighted by atomic mass is 35.5. The first-order valence-corrected chi connectivity index (χ1v) is 6.59. The van der Waals surface area contributed by atoms with Crippen molar-refractivity contribution in [2.45, 2.75) is 33.2 Å². The van der Waals surface area contributed by atoms with Gasteiger partial charge in [-0.1, -0.05) is 32.4 Å². The summed E-state index contributed by atoms with van der Waals surface area (Å²) in [5.41, 5.74) is 6.33. The van der Waals surface area contributed by atoms with E-state index in [1.165, 1.54) is 18.2 Å². The van der Waals surface area contributed by atoms with Crippen molar-refractivity contribution in [2.75, 3.05) is 6.54 Å². The fourth-order valence-corrected chi connectivity index (χ4v) is 2.07. The summed E-state index contributed by atoms with van der Waals surface area (Å²) in [6, 6.07) is 4.15. The van der Waals surface area contributed by atoms with E-state index >= 15 is 0 Å². The van der Waals surface area contributed by atoms with Crippen LogP contribution in [0.25, 0.3) is 0 Å². The minimum absolute atomic E-state index is 0.00791. The minimum atomic E-state index is -0.328. The molecule has 0 saturated carbocycles. The summed E-state index contributed by atoms with van der Waals surface area (Å²) in [5, 5.41) is 12.4. The van der Waals surface area contributed by atoms with Gasteiger partial charge in [0.05, 0.1) is 10.6 Å². The second-order valence-corrected chi connectivity index (χ2v) is 6.31. The van der Waals surface area contributed by atoms with Crippen LogP contribution in [0.1, 0.15) is 37.6 Å². The zero-order chi connectivity index (χ0) is 14.6. The van der Waals surface area contributed by atoms with Gasteiger partial charge in [-0.3, -0.25) is 4.79 Å². The Kier molecular flexibility index (Phi) is 5.20. The average molecular weight is 285 g/mol. The zero-order valence-corrected chi connectivity index (χ0v) is 12.3. The number of benzene rings is 1. The molecule has 0 fully saturated rings. The van der Waals surface area contributed by atoms with Crippen LogP contribution < -0.4 is 11.1 Å². The number of hydrogen-bond acceptors (Lipinski definition) is 3. The van der Waals surface area contributed by atoms with E-state index in [4.69, 9.17) is 17.3 Å². The topological polar surface area (TPSA) is 75.3 Å². The molecule has 19 heavy (non-hydrogen) atoms. The molecule has 106 valence electrons. The number of carbonyl (C=O) groups is 1. The van der Waals surface area contributed by atoms with E-state index in [0.717, 1.165) is 6.42 Å². The van der Waals surface area contributed by atoms with Crippen LogP contribution in [0.3, 0.4) is 0 Å². The lowest BCUT2D eigenvalue weighted by molar-refractivity contribution is 0.0948. The van der Waals surface area contributed by atoms with Gasteiger partial charge in [0.2, 0.25) is 0 Å². The van der Waals surface area contributed by atoms with Crippen molar-refractivity contribution in [1.29, 1.82) is 0 Å². The number of hydrogen-bond donors (Lipinski definition) is 3. The first-order chi connectivity index (χ1) is 8.69. The number of rotatable bonds is 4. The van der Waals surface area contributed by atoms with Crippen molar-refractivity contribution >= 4 is 17.5 Å². The molecule has 4 N–H and O–H groups in total. The molecule has 1 amide bonds. The lowest BCUT2D eigenvalue weighted by Gasteiger charge is -2.23. The maximum Gasteiger partial charge on any atom is 0.252 e. The van der Waals surface area contributed by atoms with Gasteiger partial charge >= 0.3 is 0 Å². The van der Waals surface area contributed by atoms with Crippen molar-refractivity contribution in [3.05, 3.63) is 28.8 Å². The third-order valence-electron chi connectivity index (χ3n) is 2.59. The van der Waals surface area contributed by atoms with Gasteiger partial charge in [-0.15, -0.1) is 0 Å². The molecule has 0 aliphatic heterocycles. The summed E-state index contributed by atoms with van der Waals surface area (Å²) in [6.45, 7) is 6.67. The van der Waals surface area contributed by atoms with Gasteiger partial charge in [0, 0.05) is 12.6 Å². The van der Waals surface area contributed by atoms with Gasteiger partial charge < -0.3 is 16.2 Å². The van der Waals surface area contributed by atoms with Crippen molar-refractivity contribution in [1.82, 2.24) is 5.32 Å². The number of phenolic OH excluding ortho intramolecular Hbond substituents is 1. The predicted octanol–water partition coefficient (Wildman–Crippen LogP) is 2.54. The van der Waals surface area contributed by atoms with Crippen LogP contribution in [0.2, 0.25) is 5.02 Å². The number of halogens is 1. The lowest BCUT2D eigenvalue weighted by atomic mass is 9.88. The van der Waals surface area contributed by atoms with E-state index in [2.05, 4.69) is 26.1 Å². The van der Waals surface area contributed by atoms with E-state index in [0.29, 0.717) is 11.6 Å². The molecule has 1 rings (SSSR count). The molecule has 0 heterocycles. The summed E-state index contributed by atoms with van der Waals surface area (Å²) in [5.74, 6) is -0.321. The Morgan fingerprint density at radius 3 is 2.68 bits per heavy atom. The van der Waals surface area contributed by atoms with Gasteiger partial charge in [-0.2, -0.15) is 0 Å². The molecule has 1 aromatic rings. The van der Waals surface area contributed by atoms with E-state index in [1.54, 1.807) is 0 Å². The van der Waals surface area contributed by atoms with Crippen LogP contribution in [0, 0.1) is 5.41 Å². The summed E-state index contributed by atoms with van der Waals surface area (Å²) in [6.07, 6.45) is 0.807. The van der Waals surface area contributed by atoms with Gasteiger partial charge in [0.15, 0.2) is 0 Å². The third-order valence-corrected chi connectivity index (χ3v) is 2.92. The Balaban J connectivity index is 2.58. The standard InChI is InChI=1S/C14H21ClN2O2/c1-14(2,3)7-9(16)8-17-13(19)11-6-10(18)4-5-12(11)15/h4-6,9,18H,7-8,16H2,1-3H3,(H,17,19). The molecule has 0 saturated heterocycles. The molecule has 1 unspecified atom stereocenters. The van der Waals surface area contributed by atoms with E-state index in [1.807, 2.05) is 0 Å². The third kappa shape index (κ3) is 5.49. The van der Waals surface area contributed by atoms with Crippen molar-refractivity contribution in [2.24, 2.45) is 11.1 Å². The van der Waals surface area contributed by atoms with Crippen molar-refractivity contribution in [3.8, 4) is 5.75 Å². The highest BCUT2D eigenvalue weighted by Gasteiger charge is 2.17. The molecule has 0 aromatic heterocycles. The van der Waals surface area contributed by atoms with Crippen LogP contribution in [-0.2, 0) is 0 Å². The fourth-order valence-electron chi connectivity index (χ4n) is 1.87. The predicted molar refractivity (Wildman–Crippen MR) is 77.5 cm³/mol. The van der Waals surface area contributed by atoms with Crippen LogP contribution in [-0.4, -0.2) is 23.6 Å². The lowest BCUT2D eigenvalue weighted by Crippen LogP contribution is -2.39. The molecule has 0 radical (unpaired) electrons. The second-order valence-electron chi connectivity index (χ2n) is 5.90. The quantitative estimate of drug-likeness (QED) is 0.795. The molecule has 1 aromatic carbocycles. The first-order valence-electron chi connectivity index (χ1n) is 6.21. The first kappa shape index (κ1) is 15.8. The van der Waals surface area contributed by atoms with Crippen LogP contribution in [0.5, 0.6) is 5.75 Å². The van der Waals surface area contributed by atoms with Crippen molar-refractivity contribution in [3.63, 3.8) is 0 Å². The zero-order valence-electron chi connectivity index (χ0n) is 11.5. The van der Waals surface area contributed by atoms with Gasteiger partial charge in [-0.05, 0) is 30.0 Å². The second kappa shape index (κ2) is 6.26. The van der Waals surface area contributed by atoms with E-state index in [-0.39, 0.29) is 28.7 Å². The van der Waals surface area contributed by atoms with Crippen molar-refractivity contribution < 1.29 is 9.90 Å². The van der Waals surface area contributed by atoms with E-state index < -0.39 is 0 Å². The average Bonchev–Trinajstić information content (AvgIpc) is 2.27. The highest BCUT2D eigenvalue weighted by Crippen LogP contribution is 2.21. The Morgan fingerprint density at radius 1 is 1.47 bits per heavy atom. The van der Waals surface area contributed by atoms with Crippen LogP contribution in [0.15, 0.2) is 18.2 Å². The van der Waals surface area contributed by atoms with E-state index in [9.17, 15) is 9.90 Å². The Hall–Kier alpha value is -1.26. The SMILES string of the molecule is CC(C)(C)CC(N)CNC(=O)c1cc(O)ccc1Cl. The fraction of sp³-hybridized carbons (Fsp3) is 0.500. The largest absolute Gasteiger partial charge is 0.508 e. The minimum Gasteiger partial charge on any atom is -0.508 e. The number of carbonyl (C=O) groups excluding carboxylic acids is 1. The molecule has 0 spiro atoms. The van der Waals surface area contributed by atoms with Gasteiger partial charge in [0.25, 0.3) is 5.91 Å². The number of phenols is 1.